The number of H-pyrrole nitrogens is 1. The van der Waals surface area contributed by atoms with E-state index in [0.29, 0.717) is 4.22 Å². The Labute approximate surface area is 243 Å². The predicted octanol–water partition coefficient (Wildman–Crippen LogP) is 8.12. The van der Waals surface area contributed by atoms with Crippen molar-refractivity contribution in [1.29, 1.82) is 0 Å². The smallest absolute Gasteiger partial charge is 0.0149 e. The van der Waals surface area contributed by atoms with E-state index in [2.05, 4.69) is 131 Å². The van der Waals surface area contributed by atoms with E-state index in [9.17, 15) is 0 Å². The summed E-state index contributed by atoms with van der Waals surface area (Å²) in [6, 6.07) is 31.7. The van der Waals surface area contributed by atoms with Gasteiger partial charge >= 0.3 is 138 Å². The molecule has 1 heterocycles. The fourth-order valence-corrected chi connectivity index (χ4v) is 11.8. The molecule has 1 aliphatic carbocycles. The Kier molecular flexibility index (Phi) is 10.9. The first-order valence-electron chi connectivity index (χ1n) is 13.4. The molecule has 3 aromatic carbocycles. The normalized spacial score (nSPS) is 14.9. The molecule has 1 aromatic heterocycles. The number of rotatable bonds is 6. The second kappa shape index (κ2) is 13.9. The van der Waals surface area contributed by atoms with Crippen LogP contribution in [0.3, 0.4) is 0 Å². The molecular formula is C35H44N2SiTi. The van der Waals surface area contributed by atoms with Crippen molar-refractivity contribution >= 4 is 34.8 Å². The fourth-order valence-electron chi connectivity index (χ4n) is 5.35. The number of allylic oxidation sites excluding steroid dienone is 3. The summed E-state index contributed by atoms with van der Waals surface area (Å²) >= 11 is -2.29. The first-order chi connectivity index (χ1) is 18.2. The number of nitrogens with one attached hydrogen (secondary N) is 2. The predicted molar refractivity (Wildman–Crippen MR) is 175 cm³/mol. The van der Waals surface area contributed by atoms with Crippen LogP contribution in [0.1, 0.15) is 52.8 Å². The van der Waals surface area contributed by atoms with Gasteiger partial charge in [-0.2, -0.15) is 0 Å². The van der Waals surface area contributed by atoms with E-state index in [-0.39, 0.29) is 16.5 Å². The van der Waals surface area contributed by atoms with Gasteiger partial charge in [-0.3, -0.25) is 0 Å². The van der Waals surface area contributed by atoms with E-state index in [1.165, 1.54) is 33.4 Å². The van der Waals surface area contributed by atoms with Gasteiger partial charge in [-0.15, -0.1) is 0 Å². The average Bonchev–Trinajstić information content (AvgIpc) is 3.55. The molecule has 1 unspecified atom stereocenters. The standard InChI is InChI=1S/C16H14.C13H10N.C4H10N.2CH3.H4Si.Ti/c1-3-9-15(10-4-1)13-7-8-14-16-11-5-2-6-12-16;1-2-4-11-8-13(7-10(11)3-1)12-5-6-14-9-12;1-4(2,3)5;;;;/h1-14H;1-9,14H;5H,1-3H3;2*1H3;1H4;/q;;-1;;;;+1. The van der Waals surface area contributed by atoms with Crippen LogP contribution in [0.25, 0.3) is 23.8 Å². The zero-order chi connectivity index (χ0) is 27.0. The summed E-state index contributed by atoms with van der Waals surface area (Å²) in [5, 5.41) is 5.00. The summed E-state index contributed by atoms with van der Waals surface area (Å²) in [6.07, 6.45) is 14.8. The van der Waals surface area contributed by atoms with Gasteiger partial charge in [-0.05, 0) is 22.1 Å². The first kappa shape index (κ1) is 30.6. The van der Waals surface area contributed by atoms with Gasteiger partial charge in [0.15, 0.2) is 0 Å². The Morgan fingerprint density at radius 1 is 0.744 bits per heavy atom. The molecular weight excluding hydrogens is 524 g/mol. The molecule has 1 aliphatic rings. The van der Waals surface area contributed by atoms with Crippen LogP contribution < -0.4 is 3.80 Å². The largest absolute Gasteiger partial charge is 0.0149 e. The minimum Gasteiger partial charge on any atom is -0.0149 e. The first-order valence-corrected chi connectivity index (χ1v) is 18.2. The van der Waals surface area contributed by atoms with Crippen molar-refractivity contribution < 1.29 is 16.8 Å². The molecule has 39 heavy (non-hydrogen) atoms. The van der Waals surface area contributed by atoms with Crippen LogP contribution in [0.15, 0.2) is 116 Å². The van der Waals surface area contributed by atoms with Gasteiger partial charge in [0, 0.05) is 0 Å². The number of benzene rings is 3. The van der Waals surface area contributed by atoms with Crippen molar-refractivity contribution in [3.63, 3.8) is 0 Å². The van der Waals surface area contributed by atoms with Crippen molar-refractivity contribution in [2.45, 2.75) is 41.0 Å². The zero-order valence-electron chi connectivity index (χ0n) is 23.3. The molecule has 0 aliphatic heterocycles. The Morgan fingerprint density at radius 2 is 1.28 bits per heavy atom. The Balaban J connectivity index is 0.000000220. The van der Waals surface area contributed by atoms with E-state index in [0.717, 1.165) is 0 Å². The van der Waals surface area contributed by atoms with Gasteiger partial charge in [0.2, 0.25) is 0 Å². The van der Waals surface area contributed by atoms with E-state index in [1.807, 2.05) is 42.6 Å². The maximum atomic E-state index is 4.01. The summed E-state index contributed by atoms with van der Waals surface area (Å²) in [5.74, 6) is 0. The molecule has 0 fully saturated rings. The molecule has 0 saturated heterocycles. The van der Waals surface area contributed by atoms with Crippen LogP contribution in [-0.4, -0.2) is 21.5 Å². The van der Waals surface area contributed by atoms with Crippen molar-refractivity contribution in [2.24, 2.45) is 0 Å². The van der Waals surface area contributed by atoms with Crippen LogP contribution in [0.5, 0.6) is 0 Å². The van der Waals surface area contributed by atoms with Crippen LogP contribution in [0.4, 0.5) is 0 Å². The third kappa shape index (κ3) is 8.78. The van der Waals surface area contributed by atoms with Gasteiger partial charge in [-0.25, -0.2) is 0 Å². The summed E-state index contributed by atoms with van der Waals surface area (Å²) in [4.78, 5) is 3.21. The Morgan fingerprint density at radius 3 is 1.79 bits per heavy atom. The van der Waals surface area contributed by atoms with Gasteiger partial charge in [0.25, 0.3) is 0 Å². The van der Waals surface area contributed by atoms with Gasteiger partial charge in [0.05, 0.1) is 0 Å². The minimum absolute atomic E-state index is 0. The van der Waals surface area contributed by atoms with E-state index in [1.54, 1.807) is 0 Å². The molecule has 1 atom stereocenters. The Hall–Kier alpha value is -2.95. The second-order valence-corrected chi connectivity index (χ2v) is 18.1. The van der Waals surface area contributed by atoms with Gasteiger partial charge in [0.1, 0.15) is 0 Å². The number of aromatic amines is 1. The zero-order valence-corrected chi connectivity index (χ0v) is 24.8. The average molecular weight is 569 g/mol. The summed E-state index contributed by atoms with van der Waals surface area (Å²) in [7, 11) is 0. The fraction of sp³-hybridized carbons (Fsp3) is 0.200. The SMILES string of the molecule is C(C=Cc1ccccc1)=Cc1ccccc1.CC(C)(C)[NH][Ti]([CH3])([CH3])[CH]1C(c2cc[nH]c2)=Cc2ccccc21.[SiH4]. The van der Waals surface area contributed by atoms with Crippen molar-refractivity contribution in [1.82, 2.24) is 8.78 Å². The van der Waals surface area contributed by atoms with E-state index >= 15 is 0 Å². The van der Waals surface area contributed by atoms with Gasteiger partial charge < -0.3 is 0 Å². The number of hydrogen-bond acceptors (Lipinski definition) is 1. The molecule has 4 heteroatoms. The molecule has 0 amide bonds. The van der Waals surface area contributed by atoms with Crippen molar-refractivity contribution in [2.75, 3.05) is 0 Å². The summed E-state index contributed by atoms with van der Waals surface area (Å²) < 4.78 is 4.54. The maximum absolute atomic E-state index is 4.01. The summed E-state index contributed by atoms with van der Waals surface area (Å²) in [6.45, 7) is 6.83. The maximum Gasteiger partial charge on any atom is -0.0149 e. The van der Waals surface area contributed by atoms with Crippen LogP contribution >= 0.6 is 0 Å². The molecule has 4 aromatic rings. The van der Waals surface area contributed by atoms with Crippen LogP contribution in [0.2, 0.25) is 10.5 Å². The molecule has 0 bridgehead atoms. The molecule has 0 saturated carbocycles. The number of fused-ring (bicyclic) bond motifs is 1. The molecule has 0 radical (unpaired) electrons. The minimum atomic E-state index is -2.29. The quantitative estimate of drug-likeness (QED) is 0.178. The molecule has 2 N–H and O–H groups in total. The monoisotopic (exact) mass is 568 g/mol. The topological polar surface area (TPSA) is 27.8 Å². The van der Waals surface area contributed by atoms with E-state index in [4.69, 9.17) is 0 Å². The third-order valence-corrected chi connectivity index (χ3v) is 12.0. The number of aromatic nitrogens is 1. The second-order valence-electron chi connectivity index (χ2n) is 11.4. The van der Waals surface area contributed by atoms with Crippen LogP contribution in [-0.2, 0) is 16.8 Å². The van der Waals surface area contributed by atoms with Crippen molar-refractivity contribution in [3.05, 3.63) is 143 Å². The van der Waals surface area contributed by atoms with E-state index < -0.39 is 16.8 Å². The Bertz CT molecular complexity index is 1330. The van der Waals surface area contributed by atoms with Crippen LogP contribution in [0, 0.1) is 0 Å². The van der Waals surface area contributed by atoms with Crippen molar-refractivity contribution in [3.8, 4) is 0 Å². The molecule has 202 valence electrons. The number of hydrogen-bond donors (Lipinski definition) is 2. The molecule has 0 spiro atoms. The van der Waals surface area contributed by atoms with Gasteiger partial charge in [-0.1, -0.05) is 85.0 Å². The third-order valence-electron chi connectivity index (χ3n) is 6.57. The molecule has 5 rings (SSSR count). The molecule has 2 nitrogen and oxygen atoms in total. The summed E-state index contributed by atoms with van der Waals surface area (Å²) in [5.41, 5.74) is 8.29.